The van der Waals surface area contributed by atoms with E-state index in [9.17, 15) is 0 Å². The van der Waals surface area contributed by atoms with Crippen LogP contribution in [0.4, 0.5) is 5.69 Å². The van der Waals surface area contributed by atoms with Crippen molar-refractivity contribution in [2.24, 2.45) is 0 Å². The summed E-state index contributed by atoms with van der Waals surface area (Å²) in [5.74, 6) is 1.87. The standard InChI is InChI=1S/C11H10N3/c1-14(2)11-5-3-4-9(6-11)10(7-12)8-13/h3-6H,1-2H3/q-1. The maximum Gasteiger partial charge on any atom is 0.106 e. The van der Waals surface area contributed by atoms with Crippen LogP contribution in [-0.2, 0) is 0 Å². The summed E-state index contributed by atoms with van der Waals surface area (Å²) in [6, 6.07) is 9.21. The molecule has 0 aliphatic carbocycles. The van der Waals surface area contributed by atoms with Gasteiger partial charge in [0.05, 0.1) is 5.57 Å². The summed E-state index contributed by atoms with van der Waals surface area (Å²) in [7, 11) is 3.83. The molecule has 1 aromatic carbocycles. The first kappa shape index (κ1) is 10.0. The van der Waals surface area contributed by atoms with Crippen molar-refractivity contribution < 1.29 is 0 Å². The highest BCUT2D eigenvalue weighted by atomic mass is 15.1. The van der Waals surface area contributed by atoms with Gasteiger partial charge in [-0.05, 0) is 12.1 Å². The van der Waals surface area contributed by atoms with Gasteiger partial charge in [-0.1, -0.05) is 12.1 Å². The fraction of sp³-hybridized carbons (Fsp3) is 0.182. The SMILES string of the molecule is CN(C)c1cccc(C(=C=[N-])C#N)c1. The number of allylic oxidation sites excluding steroid dienone is 1. The number of benzene rings is 1. The largest absolute Gasteiger partial charge is 0.762 e. The van der Waals surface area contributed by atoms with Gasteiger partial charge in [0, 0.05) is 25.3 Å². The van der Waals surface area contributed by atoms with Crippen LogP contribution in [0.5, 0.6) is 0 Å². The average molecular weight is 184 g/mol. The molecule has 0 N–H and O–H groups in total. The minimum Gasteiger partial charge on any atom is -0.762 e. The first-order valence-electron chi connectivity index (χ1n) is 4.14. The zero-order valence-electron chi connectivity index (χ0n) is 8.15. The van der Waals surface area contributed by atoms with Gasteiger partial charge in [0.15, 0.2) is 0 Å². The highest BCUT2D eigenvalue weighted by Gasteiger charge is 2.00. The molecule has 0 bridgehead atoms. The highest BCUT2D eigenvalue weighted by Crippen LogP contribution is 2.17. The Labute approximate surface area is 83.4 Å². The van der Waals surface area contributed by atoms with Crippen molar-refractivity contribution in [2.75, 3.05) is 19.0 Å². The van der Waals surface area contributed by atoms with Crippen molar-refractivity contribution in [1.82, 2.24) is 0 Å². The molecule has 14 heavy (non-hydrogen) atoms. The molecule has 3 heteroatoms. The lowest BCUT2D eigenvalue weighted by molar-refractivity contribution is 1.13. The van der Waals surface area contributed by atoms with Crippen LogP contribution in [0.15, 0.2) is 24.3 Å². The second kappa shape index (κ2) is 4.27. The lowest BCUT2D eigenvalue weighted by Crippen LogP contribution is -2.08. The second-order valence-corrected chi connectivity index (χ2v) is 3.04. The Balaban J connectivity index is 3.19. The Hall–Kier alpha value is -2.04. The fourth-order valence-corrected chi connectivity index (χ4v) is 1.09. The molecule has 0 aromatic heterocycles. The van der Waals surface area contributed by atoms with Gasteiger partial charge in [-0.25, -0.2) is 5.87 Å². The van der Waals surface area contributed by atoms with Crippen LogP contribution in [0.3, 0.4) is 0 Å². The molecule has 3 nitrogen and oxygen atoms in total. The first-order chi connectivity index (χ1) is 6.69. The highest BCUT2D eigenvalue weighted by molar-refractivity contribution is 5.98. The summed E-state index contributed by atoms with van der Waals surface area (Å²) < 4.78 is 0. The van der Waals surface area contributed by atoms with Crippen molar-refractivity contribution in [3.8, 4) is 6.07 Å². The monoisotopic (exact) mass is 184 g/mol. The van der Waals surface area contributed by atoms with E-state index in [1.807, 2.05) is 49.1 Å². The van der Waals surface area contributed by atoms with Gasteiger partial charge < -0.3 is 10.3 Å². The number of rotatable bonds is 2. The molecule has 0 saturated heterocycles. The zero-order chi connectivity index (χ0) is 10.6. The molecule has 0 fully saturated rings. The van der Waals surface area contributed by atoms with E-state index in [1.54, 1.807) is 6.07 Å². The average Bonchev–Trinajstić information content (AvgIpc) is 2.20. The van der Waals surface area contributed by atoms with E-state index in [2.05, 4.69) is 0 Å². The summed E-state index contributed by atoms with van der Waals surface area (Å²) in [5, 5.41) is 17.4. The van der Waals surface area contributed by atoms with Crippen molar-refractivity contribution in [3.05, 3.63) is 35.2 Å². The molecule has 0 radical (unpaired) electrons. The van der Waals surface area contributed by atoms with Gasteiger partial charge in [0.2, 0.25) is 0 Å². The third kappa shape index (κ3) is 2.01. The Bertz CT molecular complexity index is 420. The predicted molar refractivity (Wildman–Crippen MR) is 58.2 cm³/mol. The van der Waals surface area contributed by atoms with Crippen LogP contribution in [-0.4, -0.2) is 20.0 Å². The van der Waals surface area contributed by atoms with E-state index < -0.39 is 0 Å². The minimum atomic E-state index is 0.147. The van der Waals surface area contributed by atoms with Crippen molar-refractivity contribution >= 4 is 17.1 Å². The van der Waals surface area contributed by atoms with E-state index in [1.165, 1.54) is 0 Å². The van der Waals surface area contributed by atoms with Crippen LogP contribution in [0.25, 0.3) is 11.0 Å². The fourth-order valence-electron chi connectivity index (χ4n) is 1.09. The molecule has 0 spiro atoms. The van der Waals surface area contributed by atoms with Crippen LogP contribution < -0.4 is 4.90 Å². The molecule has 0 heterocycles. The topological polar surface area (TPSA) is 49.3 Å². The quantitative estimate of drug-likeness (QED) is 0.520. The van der Waals surface area contributed by atoms with Gasteiger partial charge in [-0.2, -0.15) is 5.26 Å². The Morgan fingerprint density at radius 1 is 1.43 bits per heavy atom. The number of nitrogens with zero attached hydrogens (tertiary/aromatic N) is 3. The van der Waals surface area contributed by atoms with Crippen LogP contribution in [0.2, 0.25) is 0 Å². The molecular weight excluding hydrogens is 174 g/mol. The molecule has 1 aromatic rings. The van der Waals surface area contributed by atoms with Gasteiger partial charge >= 0.3 is 0 Å². The maximum atomic E-state index is 8.69. The Morgan fingerprint density at radius 3 is 2.64 bits per heavy atom. The second-order valence-electron chi connectivity index (χ2n) is 3.04. The van der Waals surface area contributed by atoms with Crippen molar-refractivity contribution in [1.29, 1.82) is 5.26 Å². The number of hydrogen-bond donors (Lipinski definition) is 0. The van der Waals surface area contributed by atoms with Crippen LogP contribution >= 0.6 is 0 Å². The molecule has 0 amide bonds. The van der Waals surface area contributed by atoms with Crippen LogP contribution in [0.1, 0.15) is 5.56 Å². The number of hydrogen-bond acceptors (Lipinski definition) is 2. The summed E-state index contributed by atoms with van der Waals surface area (Å²) in [6.07, 6.45) is 0. The van der Waals surface area contributed by atoms with Gasteiger partial charge in [-0.3, -0.25) is 0 Å². The minimum absolute atomic E-state index is 0.147. The molecule has 1 rings (SSSR count). The molecule has 0 aliphatic heterocycles. The maximum absolute atomic E-state index is 8.69. The van der Waals surface area contributed by atoms with E-state index in [0.29, 0.717) is 5.56 Å². The molecule has 70 valence electrons. The lowest BCUT2D eigenvalue weighted by Gasteiger charge is -2.12. The predicted octanol–water partition coefficient (Wildman–Crippen LogP) is 1.90. The van der Waals surface area contributed by atoms with Crippen LogP contribution in [0, 0.1) is 11.3 Å². The summed E-state index contributed by atoms with van der Waals surface area (Å²) in [6.45, 7) is 0. The summed E-state index contributed by atoms with van der Waals surface area (Å²) in [4.78, 5) is 1.93. The first-order valence-corrected chi connectivity index (χ1v) is 4.14. The van der Waals surface area contributed by atoms with E-state index in [-0.39, 0.29) is 5.57 Å². The Morgan fingerprint density at radius 2 is 2.14 bits per heavy atom. The van der Waals surface area contributed by atoms with Gasteiger partial charge in [0.1, 0.15) is 6.07 Å². The molecular formula is C11H10N3-. The van der Waals surface area contributed by atoms with Gasteiger partial charge in [-0.15, -0.1) is 0 Å². The number of anilines is 1. The summed E-state index contributed by atoms with van der Waals surface area (Å²) in [5.41, 5.74) is 1.79. The third-order valence-electron chi connectivity index (χ3n) is 1.87. The number of nitriles is 1. The Kier molecular flexibility index (Phi) is 3.06. The molecule has 0 atom stereocenters. The summed E-state index contributed by atoms with van der Waals surface area (Å²) >= 11 is 0. The van der Waals surface area contributed by atoms with Crippen molar-refractivity contribution in [3.63, 3.8) is 0 Å². The van der Waals surface area contributed by atoms with Gasteiger partial charge in [0.25, 0.3) is 0 Å². The normalized spacial score (nSPS) is 8.64. The zero-order valence-corrected chi connectivity index (χ0v) is 8.15. The van der Waals surface area contributed by atoms with E-state index >= 15 is 0 Å². The smallest absolute Gasteiger partial charge is 0.106 e. The van der Waals surface area contributed by atoms with E-state index in [0.717, 1.165) is 5.69 Å². The van der Waals surface area contributed by atoms with Crippen molar-refractivity contribution in [2.45, 2.75) is 0 Å². The molecule has 0 aliphatic rings. The van der Waals surface area contributed by atoms with E-state index in [4.69, 9.17) is 10.7 Å². The third-order valence-corrected chi connectivity index (χ3v) is 1.87. The molecule has 0 unspecified atom stereocenters. The lowest BCUT2D eigenvalue weighted by atomic mass is 10.1. The molecule has 0 saturated carbocycles.